The normalized spacial score (nSPS) is 20.0. The second-order valence-electron chi connectivity index (χ2n) is 9.87. The lowest BCUT2D eigenvalue weighted by Gasteiger charge is -2.35. The molecule has 0 bridgehead atoms. The molecule has 2 aromatic rings. The maximum Gasteiger partial charge on any atom is 0.417 e. The van der Waals surface area contributed by atoms with E-state index in [2.05, 4.69) is 20.1 Å². The molecule has 0 radical (unpaired) electrons. The first-order chi connectivity index (χ1) is 19.7. The van der Waals surface area contributed by atoms with Crippen molar-refractivity contribution in [3.05, 3.63) is 23.0 Å². The van der Waals surface area contributed by atoms with Crippen molar-refractivity contribution in [2.24, 2.45) is 0 Å². The molecule has 242 valence electrons. The van der Waals surface area contributed by atoms with Crippen LogP contribution < -0.4 is 15.4 Å². The Balaban J connectivity index is 1.91. The van der Waals surface area contributed by atoms with Gasteiger partial charge in [0, 0.05) is 31.6 Å². The Hall–Kier alpha value is -2.93. The van der Waals surface area contributed by atoms with Crippen LogP contribution in [0.3, 0.4) is 0 Å². The van der Waals surface area contributed by atoms with Crippen molar-refractivity contribution < 1.29 is 58.2 Å². The van der Waals surface area contributed by atoms with Gasteiger partial charge in [-0.3, -0.25) is 9.48 Å². The zero-order valence-electron chi connectivity index (χ0n) is 22.4. The van der Waals surface area contributed by atoms with Crippen molar-refractivity contribution in [3.8, 4) is 17.0 Å². The Morgan fingerprint density at radius 1 is 1.21 bits per heavy atom. The molecule has 0 unspecified atom stereocenters. The molecule has 1 aliphatic carbocycles. The Kier molecular flexibility index (Phi) is 10.1. The first kappa shape index (κ1) is 34.6. The largest absolute Gasteiger partial charge is 0.434 e. The third-order valence-corrected chi connectivity index (χ3v) is 8.78. The molecule has 1 amide bonds. The highest BCUT2D eigenvalue weighted by Gasteiger charge is 2.57. The summed E-state index contributed by atoms with van der Waals surface area (Å²) in [4.78, 5) is 16.4. The fourth-order valence-corrected chi connectivity index (χ4v) is 5.93. The number of anilines is 1. The number of amides is 1. The van der Waals surface area contributed by atoms with E-state index < -0.39 is 79.4 Å². The minimum absolute atomic E-state index is 0.0442. The van der Waals surface area contributed by atoms with Crippen LogP contribution in [-0.4, -0.2) is 82.9 Å². The van der Waals surface area contributed by atoms with Crippen molar-refractivity contribution in [1.82, 2.24) is 20.1 Å². The Morgan fingerprint density at radius 3 is 2.28 bits per heavy atom. The molecule has 0 saturated heterocycles. The number of pyridine rings is 1. The highest BCUT2D eigenvalue weighted by Crippen LogP contribution is 2.40. The number of rotatable bonds is 10. The third-order valence-electron chi connectivity index (χ3n) is 6.74. The number of aromatic nitrogens is 3. The Bertz CT molecular complexity index is 1410. The van der Waals surface area contributed by atoms with Gasteiger partial charge in [0.2, 0.25) is 6.04 Å². The number of hydrogen-bond acceptors (Lipinski definition) is 8. The maximum absolute atomic E-state index is 13.2. The summed E-state index contributed by atoms with van der Waals surface area (Å²) < 4.78 is 133. The van der Waals surface area contributed by atoms with E-state index in [1.54, 1.807) is 0 Å². The zero-order valence-corrected chi connectivity index (χ0v) is 23.9. The summed E-state index contributed by atoms with van der Waals surface area (Å²) in [5, 5.41) is 17.3. The van der Waals surface area contributed by atoms with Crippen molar-refractivity contribution >= 4 is 33.2 Å². The molecule has 2 heterocycles. The summed E-state index contributed by atoms with van der Waals surface area (Å²) >= 11 is 6.36. The molecular formula is C23H26ClF8N5O5S. The van der Waals surface area contributed by atoms with Gasteiger partial charge in [-0.1, -0.05) is 11.6 Å². The standard InChI is InChI=1S/C23H26ClF8N5O5S/c1-3-37-17(12-9-33-14(8-13(12)42-20(25)26)35-19(22(27,28)29)23(30,31)32)15(24)16(36-37)18(38)34-10-21(39)6-4-11(5-7-21)43(2,40)41/h8-9,11,19-20,39H,3-7,10H2,1-2H3,(H,33,35)(H,34,38). The minimum Gasteiger partial charge on any atom is -0.434 e. The van der Waals surface area contributed by atoms with Crippen molar-refractivity contribution in [2.75, 3.05) is 18.1 Å². The molecule has 1 aliphatic rings. The Morgan fingerprint density at radius 2 is 1.79 bits per heavy atom. The first-order valence-electron chi connectivity index (χ1n) is 12.5. The van der Waals surface area contributed by atoms with Gasteiger partial charge in [-0.2, -0.15) is 40.2 Å². The quantitative estimate of drug-likeness (QED) is 0.313. The summed E-state index contributed by atoms with van der Waals surface area (Å²) in [6.07, 6.45) is -9.44. The van der Waals surface area contributed by atoms with Gasteiger partial charge in [0.25, 0.3) is 5.91 Å². The van der Waals surface area contributed by atoms with Gasteiger partial charge in [0.15, 0.2) is 5.69 Å². The molecule has 3 N–H and O–H groups in total. The van der Waals surface area contributed by atoms with E-state index in [0.29, 0.717) is 12.3 Å². The van der Waals surface area contributed by atoms with E-state index in [-0.39, 0.29) is 44.5 Å². The fourth-order valence-electron chi connectivity index (χ4n) is 4.52. The van der Waals surface area contributed by atoms with Gasteiger partial charge < -0.3 is 20.5 Å². The second-order valence-corrected chi connectivity index (χ2v) is 12.6. The topological polar surface area (TPSA) is 135 Å². The molecule has 0 spiro atoms. The van der Waals surface area contributed by atoms with Gasteiger partial charge in [-0.05, 0) is 32.6 Å². The van der Waals surface area contributed by atoms with Gasteiger partial charge in [0.1, 0.15) is 21.4 Å². The average molecular weight is 672 g/mol. The number of ether oxygens (including phenoxy) is 1. The SMILES string of the molecule is CCn1nc(C(=O)NCC2(O)CCC(S(C)(=O)=O)CC2)c(Cl)c1-c1cnc(NC(C(F)(F)F)C(F)(F)F)cc1OC(F)F. The summed E-state index contributed by atoms with van der Waals surface area (Å²) in [6, 6.07) is -3.69. The van der Waals surface area contributed by atoms with E-state index in [1.807, 2.05) is 0 Å². The lowest BCUT2D eigenvalue weighted by molar-refractivity contribution is -0.242. The van der Waals surface area contributed by atoms with Gasteiger partial charge in [-0.25, -0.2) is 13.4 Å². The van der Waals surface area contributed by atoms with Crippen LogP contribution >= 0.6 is 11.6 Å². The molecule has 1 fully saturated rings. The molecule has 3 rings (SSSR count). The molecule has 0 aromatic carbocycles. The number of aliphatic hydroxyl groups is 1. The lowest BCUT2D eigenvalue weighted by Crippen LogP contribution is -2.48. The van der Waals surface area contributed by atoms with Crippen molar-refractivity contribution in [2.45, 2.75) is 75.0 Å². The van der Waals surface area contributed by atoms with E-state index in [9.17, 15) is 53.4 Å². The van der Waals surface area contributed by atoms with Crippen LogP contribution in [0.2, 0.25) is 5.02 Å². The smallest absolute Gasteiger partial charge is 0.417 e. The van der Waals surface area contributed by atoms with Crippen LogP contribution in [0, 0.1) is 0 Å². The molecule has 1 saturated carbocycles. The number of aryl methyl sites for hydroxylation is 1. The Labute approximate surface area is 244 Å². The highest BCUT2D eigenvalue weighted by molar-refractivity contribution is 7.91. The molecule has 20 heteroatoms. The van der Waals surface area contributed by atoms with E-state index in [0.717, 1.165) is 16.3 Å². The monoisotopic (exact) mass is 671 g/mol. The summed E-state index contributed by atoms with van der Waals surface area (Å²) in [5.41, 5.74) is -2.58. The number of halogens is 9. The van der Waals surface area contributed by atoms with Gasteiger partial charge in [0.05, 0.1) is 27.1 Å². The van der Waals surface area contributed by atoms with Crippen LogP contribution in [0.1, 0.15) is 43.1 Å². The second kappa shape index (κ2) is 12.6. The number of nitrogens with zero attached hydrogens (tertiary/aromatic N) is 3. The molecular weight excluding hydrogens is 646 g/mol. The molecule has 43 heavy (non-hydrogen) atoms. The number of carbonyl (C=O) groups excluding carboxylic acids is 1. The van der Waals surface area contributed by atoms with Crippen LogP contribution in [-0.2, 0) is 16.4 Å². The lowest BCUT2D eigenvalue weighted by atomic mass is 9.84. The van der Waals surface area contributed by atoms with Crippen LogP contribution in [0.15, 0.2) is 12.3 Å². The van der Waals surface area contributed by atoms with Crippen molar-refractivity contribution in [3.63, 3.8) is 0 Å². The average Bonchev–Trinajstić information content (AvgIpc) is 3.20. The number of hydrogen-bond donors (Lipinski definition) is 3. The van der Waals surface area contributed by atoms with E-state index >= 15 is 0 Å². The predicted molar refractivity (Wildman–Crippen MR) is 137 cm³/mol. The van der Waals surface area contributed by atoms with Crippen molar-refractivity contribution in [1.29, 1.82) is 0 Å². The zero-order chi connectivity index (χ0) is 32.5. The molecule has 10 nitrogen and oxygen atoms in total. The summed E-state index contributed by atoms with van der Waals surface area (Å²) in [7, 11) is -3.32. The molecule has 0 atom stereocenters. The number of nitrogens with one attached hydrogen (secondary N) is 2. The fraction of sp³-hybridized carbons (Fsp3) is 0.609. The number of sulfone groups is 1. The summed E-state index contributed by atoms with van der Waals surface area (Å²) in [6.45, 7) is -2.43. The van der Waals surface area contributed by atoms with Gasteiger partial charge >= 0.3 is 19.0 Å². The van der Waals surface area contributed by atoms with E-state index in [4.69, 9.17) is 11.6 Å². The number of carbonyl (C=O) groups is 1. The van der Waals surface area contributed by atoms with Crippen LogP contribution in [0.4, 0.5) is 40.9 Å². The first-order valence-corrected chi connectivity index (χ1v) is 14.8. The van der Waals surface area contributed by atoms with Crippen LogP contribution in [0.5, 0.6) is 5.75 Å². The van der Waals surface area contributed by atoms with Crippen LogP contribution in [0.25, 0.3) is 11.3 Å². The van der Waals surface area contributed by atoms with Gasteiger partial charge in [-0.15, -0.1) is 0 Å². The third kappa shape index (κ3) is 8.37. The highest BCUT2D eigenvalue weighted by atomic mass is 35.5. The van der Waals surface area contributed by atoms with E-state index in [1.165, 1.54) is 6.92 Å². The molecule has 0 aliphatic heterocycles. The maximum atomic E-state index is 13.2. The minimum atomic E-state index is -5.81. The molecule has 2 aromatic heterocycles. The number of alkyl halides is 8. The summed E-state index contributed by atoms with van der Waals surface area (Å²) in [5.74, 6) is -2.94. The predicted octanol–water partition coefficient (Wildman–Crippen LogP) is 4.57.